The standard InChI is InChI=1S/C13H16N4O3/c1-9(14-2)7-8-12-15-13(16-20-12)10-5-3-4-6-11(10)17(18)19/h3-6,9,14H,7-8H2,1-2H3. The van der Waals surface area contributed by atoms with Crippen molar-refractivity contribution >= 4 is 5.69 Å². The number of aromatic nitrogens is 2. The largest absolute Gasteiger partial charge is 0.339 e. The maximum atomic E-state index is 11.0. The molecule has 1 atom stereocenters. The number of nitro benzene ring substituents is 1. The lowest BCUT2D eigenvalue weighted by Crippen LogP contribution is -2.21. The smallest absolute Gasteiger partial charge is 0.280 e. The number of aryl methyl sites for hydroxylation is 1. The summed E-state index contributed by atoms with van der Waals surface area (Å²) in [6, 6.07) is 6.70. The van der Waals surface area contributed by atoms with Gasteiger partial charge < -0.3 is 9.84 Å². The highest BCUT2D eigenvalue weighted by Crippen LogP contribution is 2.27. The molecular formula is C13H16N4O3. The molecule has 0 fully saturated rings. The first-order chi connectivity index (χ1) is 9.61. The van der Waals surface area contributed by atoms with Crippen molar-refractivity contribution < 1.29 is 9.45 Å². The summed E-state index contributed by atoms with van der Waals surface area (Å²) in [5.41, 5.74) is 0.345. The summed E-state index contributed by atoms with van der Waals surface area (Å²) in [6.07, 6.45) is 1.49. The van der Waals surface area contributed by atoms with Crippen LogP contribution in [0, 0.1) is 10.1 Å². The van der Waals surface area contributed by atoms with Crippen LogP contribution in [0.1, 0.15) is 19.2 Å². The Labute approximate surface area is 116 Å². The van der Waals surface area contributed by atoms with E-state index in [0.29, 0.717) is 23.9 Å². The third-order valence-electron chi connectivity index (χ3n) is 3.09. The van der Waals surface area contributed by atoms with Gasteiger partial charge in [-0.05, 0) is 26.5 Å². The Morgan fingerprint density at radius 1 is 1.45 bits per heavy atom. The predicted molar refractivity (Wildman–Crippen MR) is 73.2 cm³/mol. The predicted octanol–water partition coefficient (Wildman–Crippen LogP) is 2.19. The average molecular weight is 276 g/mol. The van der Waals surface area contributed by atoms with Gasteiger partial charge in [-0.3, -0.25) is 10.1 Å². The fourth-order valence-corrected chi connectivity index (χ4v) is 1.77. The molecule has 0 amide bonds. The lowest BCUT2D eigenvalue weighted by molar-refractivity contribution is -0.384. The van der Waals surface area contributed by atoms with Gasteiger partial charge in [0, 0.05) is 18.5 Å². The van der Waals surface area contributed by atoms with E-state index in [1.54, 1.807) is 18.2 Å². The Morgan fingerprint density at radius 3 is 2.90 bits per heavy atom. The fourth-order valence-electron chi connectivity index (χ4n) is 1.77. The Morgan fingerprint density at radius 2 is 2.20 bits per heavy atom. The first-order valence-corrected chi connectivity index (χ1v) is 6.35. The maximum absolute atomic E-state index is 11.0. The average Bonchev–Trinajstić information content (AvgIpc) is 2.93. The molecule has 1 N–H and O–H groups in total. The van der Waals surface area contributed by atoms with E-state index in [1.165, 1.54) is 6.07 Å². The van der Waals surface area contributed by atoms with E-state index in [9.17, 15) is 10.1 Å². The summed E-state index contributed by atoms with van der Waals surface area (Å²) < 4.78 is 5.14. The maximum Gasteiger partial charge on any atom is 0.280 e. The Bertz CT molecular complexity index is 597. The molecule has 7 heteroatoms. The fraction of sp³-hybridized carbons (Fsp3) is 0.385. The Kier molecular flexibility index (Phi) is 4.41. The molecule has 2 aromatic rings. The molecule has 0 radical (unpaired) electrons. The molecule has 0 bridgehead atoms. The van der Waals surface area contributed by atoms with Gasteiger partial charge in [-0.1, -0.05) is 17.3 Å². The highest BCUT2D eigenvalue weighted by atomic mass is 16.6. The monoisotopic (exact) mass is 276 g/mol. The molecule has 2 rings (SSSR count). The number of hydrogen-bond donors (Lipinski definition) is 1. The number of rotatable bonds is 6. The zero-order valence-corrected chi connectivity index (χ0v) is 11.4. The number of benzene rings is 1. The van der Waals surface area contributed by atoms with Crippen molar-refractivity contribution in [3.63, 3.8) is 0 Å². The summed E-state index contributed by atoms with van der Waals surface area (Å²) in [6.45, 7) is 2.05. The second kappa shape index (κ2) is 6.25. The van der Waals surface area contributed by atoms with Crippen molar-refractivity contribution in [3.8, 4) is 11.4 Å². The molecule has 0 spiro atoms. The van der Waals surface area contributed by atoms with E-state index < -0.39 is 4.92 Å². The van der Waals surface area contributed by atoms with Crippen molar-refractivity contribution in [2.24, 2.45) is 0 Å². The van der Waals surface area contributed by atoms with Crippen LogP contribution in [-0.4, -0.2) is 28.2 Å². The summed E-state index contributed by atoms with van der Waals surface area (Å²) in [4.78, 5) is 14.7. The lowest BCUT2D eigenvalue weighted by atomic mass is 10.1. The van der Waals surface area contributed by atoms with Gasteiger partial charge in [0.1, 0.15) is 5.56 Å². The van der Waals surface area contributed by atoms with Crippen molar-refractivity contribution in [1.29, 1.82) is 0 Å². The molecule has 0 saturated carbocycles. The molecule has 1 heterocycles. The summed E-state index contributed by atoms with van der Waals surface area (Å²) in [5.74, 6) is 0.740. The number of para-hydroxylation sites is 1. The minimum Gasteiger partial charge on any atom is -0.339 e. The van der Waals surface area contributed by atoms with Crippen LogP contribution in [0.5, 0.6) is 0 Å². The number of nitro groups is 1. The van der Waals surface area contributed by atoms with Gasteiger partial charge >= 0.3 is 0 Å². The third-order valence-corrected chi connectivity index (χ3v) is 3.09. The molecule has 0 aliphatic rings. The second-order valence-corrected chi connectivity index (χ2v) is 4.51. The lowest BCUT2D eigenvalue weighted by Gasteiger charge is -2.06. The van der Waals surface area contributed by atoms with E-state index in [0.717, 1.165) is 6.42 Å². The molecule has 0 saturated heterocycles. The highest BCUT2D eigenvalue weighted by Gasteiger charge is 2.19. The SMILES string of the molecule is CNC(C)CCc1nc(-c2ccccc2[N+](=O)[O-])no1. The van der Waals surface area contributed by atoms with E-state index in [1.807, 2.05) is 7.05 Å². The molecule has 20 heavy (non-hydrogen) atoms. The van der Waals surface area contributed by atoms with E-state index in [4.69, 9.17) is 4.52 Å². The van der Waals surface area contributed by atoms with Crippen LogP contribution in [0.4, 0.5) is 5.69 Å². The van der Waals surface area contributed by atoms with Crippen molar-refractivity contribution in [2.45, 2.75) is 25.8 Å². The molecule has 7 nitrogen and oxygen atoms in total. The van der Waals surface area contributed by atoms with Crippen molar-refractivity contribution in [3.05, 3.63) is 40.3 Å². The van der Waals surface area contributed by atoms with Gasteiger partial charge in [0.25, 0.3) is 5.69 Å². The third kappa shape index (κ3) is 3.18. The Hall–Kier alpha value is -2.28. The zero-order chi connectivity index (χ0) is 14.5. The van der Waals surface area contributed by atoms with Gasteiger partial charge in [-0.15, -0.1) is 0 Å². The normalized spacial score (nSPS) is 12.3. The Balaban J connectivity index is 2.19. The number of nitrogens with zero attached hydrogens (tertiary/aromatic N) is 3. The molecule has 1 unspecified atom stereocenters. The number of hydrogen-bond acceptors (Lipinski definition) is 6. The van der Waals surface area contributed by atoms with Crippen LogP contribution in [0.25, 0.3) is 11.4 Å². The van der Waals surface area contributed by atoms with Gasteiger partial charge in [-0.25, -0.2) is 0 Å². The summed E-state index contributed by atoms with van der Waals surface area (Å²) >= 11 is 0. The van der Waals surface area contributed by atoms with E-state index in [2.05, 4.69) is 22.4 Å². The van der Waals surface area contributed by atoms with Gasteiger partial charge in [0.2, 0.25) is 11.7 Å². The zero-order valence-electron chi connectivity index (χ0n) is 11.4. The van der Waals surface area contributed by atoms with Crippen molar-refractivity contribution in [1.82, 2.24) is 15.5 Å². The minimum absolute atomic E-state index is 0.0246. The summed E-state index contributed by atoms with van der Waals surface area (Å²) in [7, 11) is 1.89. The van der Waals surface area contributed by atoms with Crippen LogP contribution in [0.3, 0.4) is 0 Å². The molecular weight excluding hydrogens is 260 g/mol. The van der Waals surface area contributed by atoms with Crippen molar-refractivity contribution in [2.75, 3.05) is 7.05 Å². The van der Waals surface area contributed by atoms with Crippen LogP contribution in [-0.2, 0) is 6.42 Å². The first-order valence-electron chi connectivity index (χ1n) is 6.35. The molecule has 0 aliphatic heterocycles. The number of nitrogens with one attached hydrogen (secondary N) is 1. The van der Waals surface area contributed by atoms with Crippen LogP contribution in [0.15, 0.2) is 28.8 Å². The van der Waals surface area contributed by atoms with E-state index >= 15 is 0 Å². The molecule has 0 aliphatic carbocycles. The van der Waals surface area contributed by atoms with E-state index in [-0.39, 0.29) is 11.5 Å². The molecule has 1 aromatic carbocycles. The quantitative estimate of drug-likeness (QED) is 0.642. The van der Waals surface area contributed by atoms with Crippen LogP contribution >= 0.6 is 0 Å². The molecule has 106 valence electrons. The topological polar surface area (TPSA) is 94.1 Å². The van der Waals surface area contributed by atoms with Gasteiger partial charge in [0.15, 0.2) is 0 Å². The highest BCUT2D eigenvalue weighted by molar-refractivity contribution is 5.67. The van der Waals surface area contributed by atoms with Crippen LogP contribution in [0.2, 0.25) is 0 Å². The summed E-state index contributed by atoms with van der Waals surface area (Å²) in [5, 5.41) is 17.9. The van der Waals surface area contributed by atoms with Gasteiger partial charge in [0.05, 0.1) is 4.92 Å². The molecule has 1 aromatic heterocycles. The second-order valence-electron chi connectivity index (χ2n) is 4.51. The van der Waals surface area contributed by atoms with Gasteiger partial charge in [-0.2, -0.15) is 4.98 Å². The van der Waals surface area contributed by atoms with Crippen LogP contribution < -0.4 is 5.32 Å². The first kappa shape index (κ1) is 14.1. The minimum atomic E-state index is -0.450.